The highest BCUT2D eigenvalue weighted by molar-refractivity contribution is 9.09. The quantitative estimate of drug-likeness (QED) is 0.424. The van der Waals surface area contributed by atoms with Crippen LogP contribution in [0.5, 0.6) is 0 Å². The Labute approximate surface area is 50.9 Å². The molecular weight excluding hydrogens is 156 g/mol. The van der Waals surface area contributed by atoms with Crippen molar-refractivity contribution in [2.45, 2.75) is 18.9 Å². The molecule has 0 heterocycles. The summed E-state index contributed by atoms with van der Waals surface area (Å²) in [6.45, 7) is 2.24. The van der Waals surface area contributed by atoms with Crippen LogP contribution in [-0.4, -0.2) is 15.6 Å². The largest absolute Gasteiger partial charge is 0.0929 e. The lowest BCUT2D eigenvalue weighted by molar-refractivity contribution is 0.896. The Balaban J connectivity index is 2.75. The SMILES string of the molecule is CCC([SiH3])CBr. The molecule has 0 saturated heterocycles. The first kappa shape index (κ1) is 6.70. The van der Waals surface area contributed by atoms with Crippen LogP contribution in [0.3, 0.4) is 0 Å². The van der Waals surface area contributed by atoms with Crippen LogP contribution in [0.25, 0.3) is 0 Å². The van der Waals surface area contributed by atoms with Gasteiger partial charge in [0, 0.05) is 15.6 Å². The van der Waals surface area contributed by atoms with Gasteiger partial charge in [-0.15, -0.1) is 0 Å². The van der Waals surface area contributed by atoms with Crippen molar-refractivity contribution in [3.63, 3.8) is 0 Å². The van der Waals surface area contributed by atoms with E-state index in [0.717, 1.165) is 5.54 Å². The summed E-state index contributed by atoms with van der Waals surface area (Å²) in [5, 5.41) is 1.20. The van der Waals surface area contributed by atoms with Gasteiger partial charge in [-0.2, -0.15) is 0 Å². The molecule has 0 aromatic carbocycles. The van der Waals surface area contributed by atoms with Crippen molar-refractivity contribution in [2.75, 3.05) is 5.33 Å². The molecule has 0 rings (SSSR count). The molecule has 0 nitrogen and oxygen atoms in total. The van der Waals surface area contributed by atoms with E-state index < -0.39 is 0 Å². The van der Waals surface area contributed by atoms with Crippen LogP contribution >= 0.6 is 15.9 Å². The fourth-order valence-electron chi connectivity index (χ4n) is 0.109. The number of hydrogen-bond donors (Lipinski definition) is 0. The van der Waals surface area contributed by atoms with E-state index >= 15 is 0 Å². The van der Waals surface area contributed by atoms with Crippen molar-refractivity contribution in [1.82, 2.24) is 0 Å². The molecule has 1 atom stereocenters. The zero-order chi connectivity index (χ0) is 4.99. The van der Waals surface area contributed by atoms with Gasteiger partial charge in [0.25, 0.3) is 0 Å². The number of hydrogen-bond acceptors (Lipinski definition) is 0. The fraction of sp³-hybridized carbons (Fsp3) is 1.00. The van der Waals surface area contributed by atoms with Gasteiger partial charge >= 0.3 is 0 Å². The molecule has 0 aromatic heterocycles. The molecule has 0 aliphatic heterocycles. The molecule has 0 bridgehead atoms. The second-order valence-corrected chi connectivity index (χ2v) is 3.95. The topological polar surface area (TPSA) is 0 Å². The van der Waals surface area contributed by atoms with Crippen molar-refractivity contribution in [3.8, 4) is 0 Å². The van der Waals surface area contributed by atoms with Gasteiger partial charge in [0.1, 0.15) is 0 Å². The van der Waals surface area contributed by atoms with Crippen molar-refractivity contribution in [3.05, 3.63) is 0 Å². The summed E-state index contributed by atoms with van der Waals surface area (Å²) in [4.78, 5) is 0. The minimum Gasteiger partial charge on any atom is -0.0929 e. The van der Waals surface area contributed by atoms with Crippen molar-refractivity contribution < 1.29 is 0 Å². The minimum atomic E-state index is 0.991. The van der Waals surface area contributed by atoms with Gasteiger partial charge in [-0.3, -0.25) is 0 Å². The third-order valence-electron chi connectivity index (χ3n) is 0.960. The van der Waals surface area contributed by atoms with Crippen LogP contribution in [-0.2, 0) is 0 Å². The molecule has 1 unspecified atom stereocenters. The molecule has 38 valence electrons. The Morgan fingerprint density at radius 3 is 2.33 bits per heavy atom. The summed E-state index contributed by atoms with van der Waals surface area (Å²) in [5.41, 5.74) is 0.991. The molecule has 0 aromatic rings. The Morgan fingerprint density at radius 1 is 1.83 bits per heavy atom. The predicted octanol–water partition coefficient (Wildman–Crippen LogP) is 0.945. The Morgan fingerprint density at radius 2 is 2.33 bits per heavy atom. The van der Waals surface area contributed by atoms with E-state index in [2.05, 4.69) is 22.9 Å². The first-order valence-electron chi connectivity index (χ1n) is 2.37. The fourth-order valence-corrected chi connectivity index (χ4v) is 0.567. The molecule has 0 spiro atoms. The lowest BCUT2D eigenvalue weighted by Gasteiger charge is -1.97. The van der Waals surface area contributed by atoms with Crippen LogP contribution in [0.2, 0.25) is 5.54 Å². The maximum atomic E-state index is 3.41. The van der Waals surface area contributed by atoms with Gasteiger partial charge in [0.05, 0.1) is 0 Å². The monoisotopic (exact) mass is 166 g/mol. The van der Waals surface area contributed by atoms with Crippen LogP contribution in [0.1, 0.15) is 13.3 Å². The Bertz CT molecular complexity index is 26.7. The summed E-state index contributed by atoms with van der Waals surface area (Å²) >= 11 is 3.41. The van der Waals surface area contributed by atoms with Gasteiger partial charge in [0.2, 0.25) is 0 Å². The van der Waals surface area contributed by atoms with Gasteiger partial charge < -0.3 is 0 Å². The molecule has 6 heavy (non-hydrogen) atoms. The van der Waals surface area contributed by atoms with Gasteiger partial charge in [-0.1, -0.05) is 29.3 Å². The average molecular weight is 167 g/mol. The Hall–Kier alpha value is 0.697. The highest BCUT2D eigenvalue weighted by Crippen LogP contribution is 2.05. The Kier molecular flexibility index (Phi) is 4.32. The normalized spacial score (nSPS) is 15.0. The molecule has 0 radical (unpaired) electrons. The van der Waals surface area contributed by atoms with E-state index in [4.69, 9.17) is 0 Å². The van der Waals surface area contributed by atoms with E-state index in [1.165, 1.54) is 22.0 Å². The molecule has 0 N–H and O–H groups in total. The van der Waals surface area contributed by atoms with Gasteiger partial charge in [-0.05, 0) is 5.54 Å². The number of rotatable bonds is 2. The zero-order valence-corrected chi connectivity index (χ0v) is 7.96. The van der Waals surface area contributed by atoms with Gasteiger partial charge in [0.15, 0.2) is 0 Å². The zero-order valence-electron chi connectivity index (χ0n) is 4.37. The second kappa shape index (κ2) is 3.87. The standard InChI is InChI=1S/C4H11BrSi/c1-2-4(6)3-5/h4H,2-3H2,1,6H3. The summed E-state index contributed by atoms with van der Waals surface area (Å²) in [6.07, 6.45) is 1.34. The average Bonchev–Trinajstić information content (AvgIpc) is 1.65. The van der Waals surface area contributed by atoms with E-state index in [1.54, 1.807) is 0 Å². The number of halogens is 1. The molecule has 0 aliphatic rings. The smallest absolute Gasteiger partial charge is 0.00777 e. The van der Waals surface area contributed by atoms with E-state index in [9.17, 15) is 0 Å². The van der Waals surface area contributed by atoms with Crippen LogP contribution in [0.15, 0.2) is 0 Å². The third kappa shape index (κ3) is 2.91. The summed E-state index contributed by atoms with van der Waals surface area (Å²) in [6, 6.07) is 0. The third-order valence-corrected chi connectivity index (χ3v) is 4.49. The lowest BCUT2D eigenvalue weighted by atomic mass is 10.4. The molecule has 0 fully saturated rings. The summed E-state index contributed by atoms with van der Waals surface area (Å²) in [7, 11) is 1.34. The van der Waals surface area contributed by atoms with Crippen LogP contribution in [0.4, 0.5) is 0 Å². The van der Waals surface area contributed by atoms with Crippen molar-refractivity contribution >= 4 is 26.2 Å². The maximum Gasteiger partial charge on any atom is 0.00777 e. The second-order valence-electron chi connectivity index (χ2n) is 1.67. The highest BCUT2D eigenvalue weighted by atomic mass is 79.9. The van der Waals surface area contributed by atoms with E-state index in [1.807, 2.05) is 0 Å². The van der Waals surface area contributed by atoms with Crippen molar-refractivity contribution in [2.24, 2.45) is 0 Å². The maximum absolute atomic E-state index is 3.41. The first-order chi connectivity index (χ1) is 2.81. The van der Waals surface area contributed by atoms with Gasteiger partial charge in [-0.25, -0.2) is 0 Å². The van der Waals surface area contributed by atoms with E-state index in [0.29, 0.717) is 0 Å². The summed E-state index contributed by atoms with van der Waals surface area (Å²) in [5.74, 6) is 0. The predicted molar refractivity (Wildman–Crippen MR) is 37.8 cm³/mol. The molecule has 0 aliphatic carbocycles. The van der Waals surface area contributed by atoms with E-state index in [-0.39, 0.29) is 0 Å². The summed E-state index contributed by atoms with van der Waals surface area (Å²) < 4.78 is 0. The first-order valence-corrected chi connectivity index (χ1v) is 4.64. The van der Waals surface area contributed by atoms with Crippen molar-refractivity contribution in [1.29, 1.82) is 0 Å². The molecular formula is C4H11BrSi. The molecule has 0 saturated carbocycles. The molecule has 2 heteroatoms. The highest BCUT2D eigenvalue weighted by Gasteiger charge is 1.90. The molecule has 0 amide bonds. The van der Waals surface area contributed by atoms with Crippen LogP contribution < -0.4 is 0 Å². The number of alkyl halides is 1. The minimum absolute atomic E-state index is 0.991. The van der Waals surface area contributed by atoms with Crippen LogP contribution in [0, 0.1) is 0 Å². The lowest BCUT2D eigenvalue weighted by Crippen LogP contribution is -1.87.